The average molecular weight is 470 g/mol. The molecule has 0 atom stereocenters. The van der Waals surface area contributed by atoms with Gasteiger partial charge in [0.15, 0.2) is 21.8 Å². The zero-order chi connectivity index (χ0) is 20.5. The van der Waals surface area contributed by atoms with Gasteiger partial charge < -0.3 is 0 Å². The third kappa shape index (κ3) is 3.94. The second-order valence-electron chi connectivity index (χ2n) is 6.32. The van der Waals surface area contributed by atoms with Crippen molar-refractivity contribution >= 4 is 56.5 Å². The van der Waals surface area contributed by atoms with Crippen molar-refractivity contribution in [2.45, 2.75) is 10.1 Å². The molecular formula is C21H13Cl2N5S2. The van der Waals surface area contributed by atoms with E-state index in [1.54, 1.807) is 40.0 Å². The summed E-state index contributed by atoms with van der Waals surface area (Å²) in [7, 11) is 0. The van der Waals surface area contributed by atoms with Gasteiger partial charge in [-0.25, -0.2) is 15.0 Å². The highest BCUT2D eigenvalue weighted by Crippen LogP contribution is 2.32. The number of thioether (sulfide) groups is 1. The maximum atomic E-state index is 6.40. The Bertz CT molecular complexity index is 1300. The molecule has 30 heavy (non-hydrogen) atoms. The van der Waals surface area contributed by atoms with E-state index in [1.807, 2.05) is 48.5 Å². The monoisotopic (exact) mass is 469 g/mol. The predicted molar refractivity (Wildman–Crippen MR) is 124 cm³/mol. The number of benzene rings is 2. The minimum atomic E-state index is 0.412. The summed E-state index contributed by atoms with van der Waals surface area (Å²) in [6.07, 6.45) is 1.55. The Labute approximate surface area is 190 Å². The third-order valence-electron chi connectivity index (χ3n) is 4.27. The third-order valence-corrected chi connectivity index (χ3v) is 6.93. The van der Waals surface area contributed by atoms with Crippen LogP contribution < -0.4 is 0 Å². The molecule has 148 valence electrons. The van der Waals surface area contributed by atoms with Crippen LogP contribution in [-0.4, -0.2) is 24.7 Å². The van der Waals surface area contributed by atoms with Crippen molar-refractivity contribution in [3.05, 3.63) is 82.7 Å². The Kier molecular flexibility index (Phi) is 5.43. The van der Waals surface area contributed by atoms with Gasteiger partial charge in [-0.15, -0.1) is 16.4 Å². The molecule has 0 N–H and O–H groups in total. The van der Waals surface area contributed by atoms with E-state index in [2.05, 4.69) is 21.1 Å². The van der Waals surface area contributed by atoms with Crippen molar-refractivity contribution in [2.24, 2.45) is 0 Å². The van der Waals surface area contributed by atoms with E-state index in [4.69, 9.17) is 28.2 Å². The number of pyridine rings is 1. The number of para-hydroxylation sites is 1. The average Bonchev–Trinajstić information content (AvgIpc) is 3.37. The summed E-state index contributed by atoms with van der Waals surface area (Å²) in [5, 5.41) is 5.57. The normalized spacial score (nSPS) is 11.3. The number of rotatable bonds is 5. The van der Waals surface area contributed by atoms with Crippen LogP contribution in [0, 0.1) is 0 Å². The van der Waals surface area contributed by atoms with Crippen molar-refractivity contribution in [1.29, 1.82) is 0 Å². The first-order chi connectivity index (χ1) is 14.7. The number of hydrogen-bond acceptors (Lipinski definition) is 6. The zero-order valence-electron chi connectivity index (χ0n) is 15.4. The Morgan fingerprint density at radius 2 is 1.77 bits per heavy atom. The molecule has 0 aliphatic rings. The van der Waals surface area contributed by atoms with E-state index in [1.165, 1.54) is 4.70 Å². The number of nitrogens with zero attached hydrogens (tertiary/aromatic N) is 5. The molecule has 0 saturated heterocycles. The quantitative estimate of drug-likeness (QED) is 0.273. The first-order valence-corrected chi connectivity index (χ1v) is 11.5. The smallest absolute Gasteiger partial charge is 0.174 e. The number of thiazole rings is 1. The molecule has 3 heterocycles. The lowest BCUT2D eigenvalue weighted by Gasteiger charge is -2.07. The van der Waals surface area contributed by atoms with Gasteiger partial charge in [0, 0.05) is 11.8 Å². The molecule has 2 aromatic carbocycles. The van der Waals surface area contributed by atoms with Crippen LogP contribution in [0.4, 0.5) is 0 Å². The van der Waals surface area contributed by atoms with Gasteiger partial charge in [-0.2, -0.15) is 4.68 Å². The summed E-state index contributed by atoms with van der Waals surface area (Å²) in [6.45, 7) is 0. The number of aromatic nitrogens is 5. The molecule has 0 radical (unpaired) electrons. The van der Waals surface area contributed by atoms with Crippen LogP contribution in [0.25, 0.3) is 27.4 Å². The van der Waals surface area contributed by atoms with Gasteiger partial charge in [-0.1, -0.05) is 77.4 Å². The van der Waals surface area contributed by atoms with Crippen LogP contribution in [0.15, 0.2) is 71.2 Å². The van der Waals surface area contributed by atoms with Crippen molar-refractivity contribution < 1.29 is 0 Å². The Morgan fingerprint density at radius 3 is 2.57 bits per heavy atom. The Balaban J connectivity index is 1.50. The molecule has 5 rings (SSSR count). The SMILES string of the molecule is Clc1cnc(-n2nc(CSc3nc4ccccc4s3)nc2-c2ccccc2)c(Cl)c1. The van der Waals surface area contributed by atoms with Gasteiger partial charge in [0.1, 0.15) is 0 Å². The molecule has 0 saturated carbocycles. The zero-order valence-corrected chi connectivity index (χ0v) is 18.5. The standard InChI is InChI=1S/C21H13Cl2N5S2/c22-14-10-15(23)20(24-11-14)28-19(13-6-2-1-3-7-13)26-18(27-28)12-29-21-25-16-8-4-5-9-17(16)30-21/h1-11H,12H2. The van der Waals surface area contributed by atoms with Gasteiger partial charge >= 0.3 is 0 Å². The first-order valence-electron chi connectivity index (χ1n) is 8.98. The predicted octanol–water partition coefficient (Wildman–Crippen LogP) is 6.54. The minimum Gasteiger partial charge on any atom is -0.234 e. The van der Waals surface area contributed by atoms with Crippen molar-refractivity contribution in [3.8, 4) is 17.2 Å². The van der Waals surface area contributed by atoms with E-state index >= 15 is 0 Å². The molecule has 9 heteroatoms. The fourth-order valence-electron chi connectivity index (χ4n) is 2.94. The van der Waals surface area contributed by atoms with Crippen LogP contribution in [0.2, 0.25) is 10.0 Å². The van der Waals surface area contributed by atoms with E-state index in [9.17, 15) is 0 Å². The van der Waals surface area contributed by atoms with Crippen molar-refractivity contribution in [2.75, 3.05) is 0 Å². The summed E-state index contributed by atoms with van der Waals surface area (Å²) in [5.74, 6) is 2.42. The minimum absolute atomic E-state index is 0.412. The molecule has 5 aromatic rings. The van der Waals surface area contributed by atoms with Crippen molar-refractivity contribution in [3.63, 3.8) is 0 Å². The van der Waals surface area contributed by atoms with E-state index in [-0.39, 0.29) is 0 Å². The van der Waals surface area contributed by atoms with Crippen LogP contribution in [0.1, 0.15) is 5.82 Å². The highest BCUT2D eigenvalue weighted by molar-refractivity contribution is 8.00. The second-order valence-corrected chi connectivity index (χ2v) is 9.42. The van der Waals surface area contributed by atoms with Crippen LogP contribution >= 0.6 is 46.3 Å². The van der Waals surface area contributed by atoms with Crippen LogP contribution in [0.3, 0.4) is 0 Å². The molecule has 0 aliphatic carbocycles. The van der Waals surface area contributed by atoms with Gasteiger partial charge in [0.2, 0.25) is 0 Å². The van der Waals surface area contributed by atoms with E-state index in [0.29, 0.717) is 33.3 Å². The molecule has 3 aromatic heterocycles. The number of hydrogen-bond donors (Lipinski definition) is 0. The van der Waals surface area contributed by atoms with Gasteiger partial charge in [-0.3, -0.25) is 0 Å². The Morgan fingerprint density at radius 1 is 0.967 bits per heavy atom. The molecule has 0 unspecified atom stereocenters. The molecule has 0 spiro atoms. The van der Waals surface area contributed by atoms with Gasteiger partial charge in [-0.05, 0) is 18.2 Å². The maximum Gasteiger partial charge on any atom is 0.174 e. The highest BCUT2D eigenvalue weighted by atomic mass is 35.5. The van der Waals surface area contributed by atoms with Crippen LogP contribution in [-0.2, 0) is 5.75 Å². The lowest BCUT2D eigenvalue weighted by atomic mass is 10.2. The lowest BCUT2D eigenvalue weighted by Crippen LogP contribution is -2.03. The molecule has 0 bridgehead atoms. The fraction of sp³-hybridized carbons (Fsp3) is 0.0476. The van der Waals surface area contributed by atoms with Gasteiger partial charge in [0.25, 0.3) is 0 Å². The molecular weight excluding hydrogens is 457 g/mol. The molecule has 5 nitrogen and oxygen atoms in total. The highest BCUT2D eigenvalue weighted by Gasteiger charge is 2.17. The largest absolute Gasteiger partial charge is 0.234 e. The maximum absolute atomic E-state index is 6.40. The Hall–Kier alpha value is -2.45. The molecule has 0 amide bonds. The van der Waals surface area contributed by atoms with E-state index in [0.717, 1.165) is 15.4 Å². The summed E-state index contributed by atoms with van der Waals surface area (Å²) in [6, 6.07) is 19.6. The number of fused-ring (bicyclic) bond motifs is 1. The summed E-state index contributed by atoms with van der Waals surface area (Å²) < 4.78 is 3.82. The summed E-state index contributed by atoms with van der Waals surface area (Å²) in [4.78, 5) is 13.8. The molecule has 0 fully saturated rings. The number of halogens is 2. The molecule has 0 aliphatic heterocycles. The summed E-state index contributed by atoms with van der Waals surface area (Å²) in [5.41, 5.74) is 1.93. The van der Waals surface area contributed by atoms with Gasteiger partial charge in [0.05, 0.1) is 26.0 Å². The van der Waals surface area contributed by atoms with E-state index < -0.39 is 0 Å². The first kappa shape index (κ1) is 19.5. The topological polar surface area (TPSA) is 56.5 Å². The summed E-state index contributed by atoms with van der Waals surface area (Å²) >= 11 is 15.7. The fourth-order valence-corrected chi connectivity index (χ4v) is 5.32. The lowest BCUT2D eigenvalue weighted by molar-refractivity contribution is 0.836. The second kappa shape index (κ2) is 8.35. The van der Waals surface area contributed by atoms with Crippen LogP contribution in [0.5, 0.6) is 0 Å². The van der Waals surface area contributed by atoms with Crippen molar-refractivity contribution in [1.82, 2.24) is 24.7 Å².